The Morgan fingerprint density at radius 1 is 1.06 bits per heavy atom. The van der Waals surface area contributed by atoms with Crippen molar-refractivity contribution < 1.29 is 14.3 Å². The van der Waals surface area contributed by atoms with E-state index in [1.807, 2.05) is 60.7 Å². The second-order valence-corrected chi connectivity index (χ2v) is 8.06. The lowest BCUT2D eigenvalue weighted by atomic mass is 10.0. The van der Waals surface area contributed by atoms with Crippen LogP contribution in [-0.4, -0.2) is 30.6 Å². The lowest BCUT2D eigenvalue weighted by Gasteiger charge is -2.14. The molecular formula is C28H29N3O3. The molecule has 0 saturated carbocycles. The predicted octanol–water partition coefficient (Wildman–Crippen LogP) is 6.71. The van der Waals surface area contributed by atoms with Gasteiger partial charge >= 0.3 is 6.09 Å². The molecule has 2 N–H and O–H groups in total. The summed E-state index contributed by atoms with van der Waals surface area (Å²) in [5.41, 5.74) is 5.39. The molecule has 3 aromatic carbocycles. The Hall–Kier alpha value is -4.06. The molecule has 0 aliphatic heterocycles. The lowest BCUT2D eigenvalue weighted by molar-refractivity contribution is 0.160. The van der Waals surface area contributed by atoms with Crippen LogP contribution in [-0.2, 0) is 11.3 Å². The van der Waals surface area contributed by atoms with Crippen molar-refractivity contribution in [1.29, 1.82) is 5.41 Å². The zero-order valence-corrected chi connectivity index (χ0v) is 19.5. The average Bonchev–Trinajstić information content (AvgIpc) is 3.17. The normalized spacial score (nSPS) is 10.8. The van der Waals surface area contributed by atoms with Crippen molar-refractivity contribution in [3.05, 3.63) is 83.9 Å². The van der Waals surface area contributed by atoms with Gasteiger partial charge in [-0.3, -0.25) is 5.32 Å². The number of methoxy groups -OCH3 is 1. The van der Waals surface area contributed by atoms with E-state index in [0.29, 0.717) is 18.8 Å². The number of unbranched alkanes of at least 4 members (excludes halogenated alkanes) is 1. The summed E-state index contributed by atoms with van der Waals surface area (Å²) in [6, 6.07) is 23.8. The molecule has 6 nitrogen and oxygen atoms in total. The van der Waals surface area contributed by atoms with Gasteiger partial charge < -0.3 is 19.5 Å². The Morgan fingerprint density at radius 3 is 2.62 bits per heavy atom. The number of ether oxygens (including phenoxy) is 2. The van der Waals surface area contributed by atoms with E-state index in [-0.39, 0.29) is 0 Å². The molecule has 1 heterocycles. The molecule has 4 rings (SSSR count). The van der Waals surface area contributed by atoms with Crippen LogP contribution in [0, 0.1) is 5.41 Å². The van der Waals surface area contributed by atoms with Crippen molar-refractivity contribution in [3.63, 3.8) is 0 Å². The van der Waals surface area contributed by atoms with Crippen molar-refractivity contribution in [2.75, 3.05) is 19.0 Å². The molecule has 0 aliphatic rings. The van der Waals surface area contributed by atoms with Gasteiger partial charge in [-0.15, -0.1) is 0 Å². The van der Waals surface area contributed by atoms with Crippen LogP contribution in [0.15, 0.2) is 72.8 Å². The summed E-state index contributed by atoms with van der Waals surface area (Å²) in [6.07, 6.45) is 2.73. The van der Waals surface area contributed by atoms with Gasteiger partial charge in [-0.25, -0.2) is 4.79 Å². The summed E-state index contributed by atoms with van der Waals surface area (Å²) >= 11 is 0. The maximum atomic E-state index is 12.2. The number of carbonyl (C=O) groups excluding carboxylic acids is 1. The van der Waals surface area contributed by atoms with Crippen LogP contribution < -0.4 is 10.1 Å². The number of hydrogen-bond acceptors (Lipinski definition) is 4. The minimum absolute atomic E-state index is 0.396. The minimum atomic E-state index is -0.465. The SMILES string of the molecule is CCCCOC(=O)Nc1cccc(-c2c(C=N)c3ccc(OC)cc3n2Cc2ccccc2)c1. The van der Waals surface area contributed by atoms with E-state index in [1.165, 1.54) is 6.21 Å². The van der Waals surface area contributed by atoms with Gasteiger partial charge in [0, 0.05) is 41.0 Å². The first kappa shape index (κ1) is 23.1. The summed E-state index contributed by atoms with van der Waals surface area (Å²) in [5, 5.41) is 12.0. The summed E-state index contributed by atoms with van der Waals surface area (Å²) in [4.78, 5) is 12.2. The molecule has 0 spiro atoms. The highest BCUT2D eigenvalue weighted by Gasteiger charge is 2.19. The van der Waals surface area contributed by atoms with Crippen LogP contribution >= 0.6 is 0 Å². The first-order chi connectivity index (χ1) is 16.6. The second-order valence-electron chi connectivity index (χ2n) is 8.06. The van der Waals surface area contributed by atoms with Crippen molar-refractivity contribution in [2.45, 2.75) is 26.3 Å². The predicted molar refractivity (Wildman–Crippen MR) is 137 cm³/mol. The van der Waals surface area contributed by atoms with Crippen LogP contribution in [0.1, 0.15) is 30.9 Å². The summed E-state index contributed by atoms with van der Waals surface area (Å²) < 4.78 is 12.9. The fraction of sp³-hybridized carbons (Fsp3) is 0.214. The molecule has 0 radical (unpaired) electrons. The van der Waals surface area contributed by atoms with Gasteiger partial charge in [0.1, 0.15) is 5.75 Å². The smallest absolute Gasteiger partial charge is 0.411 e. The van der Waals surface area contributed by atoms with Gasteiger partial charge in [-0.05, 0) is 36.2 Å². The standard InChI is InChI=1S/C28H29N3O3/c1-3-4-15-34-28(32)30-22-12-8-11-21(16-22)27-25(18-29)24-14-13-23(33-2)17-26(24)31(27)19-20-9-6-5-7-10-20/h5-14,16-18,29H,3-4,15,19H2,1-2H3,(H,30,32). The zero-order valence-electron chi connectivity index (χ0n) is 19.5. The molecule has 0 fully saturated rings. The quantitative estimate of drug-likeness (QED) is 0.217. The van der Waals surface area contributed by atoms with E-state index in [0.717, 1.165) is 51.9 Å². The summed E-state index contributed by atoms with van der Waals surface area (Å²) in [7, 11) is 1.65. The summed E-state index contributed by atoms with van der Waals surface area (Å²) in [5.74, 6) is 0.757. The Bertz CT molecular complexity index is 1300. The number of rotatable bonds is 9. The first-order valence-corrected chi connectivity index (χ1v) is 11.4. The molecule has 0 atom stereocenters. The highest BCUT2D eigenvalue weighted by Crippen LogP contribution is 2.36. The number of aromatic nitrogens is 1. The van der Waals surface area contributed by atoms with Gasteiger partial charge in [-0.2, -0.15) is 0 Å². The maximum absolute atomic E-state index is 12.2. The average molecular weight is 456 g/mol. The highest BCUT2D eigenvalue weighted by atomic mass is 16.5. The van der Waals surface area contributed by atoms with Crippen LogP contribution in [0.3, 0.4) is 0 Å². The molecule has 0 saturated heterocycles. The Morgan fingerprint density at radius 2 is 1.88 bits per heavy atom. The van der Waals surface area contributed by atoms with E-state index in [4.69, 9.17) is 14.9 Å². The van der Waals surface area contributed by atoms with E-state index >= 15 is 0 Å². The van der Waals surface area contributed by atoms with Gasteiger partial charge in [0.2, 0.25) is 0 Å². The van der Waals surface area contributed by atoms with Gasteiger partial charge in [0.05, 0.1) is 24.9 Å². The van der Waals surface area contributed by atoms with Gasteiger partial charge in [0.25, 0.3) is 0 Å². The van der Waals surface area contributed by atoms with E-state index in [2.05, 4.69) is 28.9 Å². The molecule has 0 bridgehead atoms. The number of benzene rings is 3. The van der Waals surface area contributed by atoms with Gasteiger partial charge in [0.15, 0.2) is 0 Å². The molecule has 174 valence electrons. The molecule has 0 unspecified atom stereocenters. The molecule has 1 aromatic heterocycles. The molecular weight excluding hydrogens is 426 g/mol. The van der Waals surface area contributed by atoms with E-state index < -0.39 is 6.09 Å². The van der Waals surface area contributed by atoms with Gasteiger partial charge in [-0.1, -0.05) is 55.8 Å². The number of amides is 1. The van der Waals surface area contributed by atoms with Crippen molar-refractivity contribution in [3.8, 4) is 17.0 Å². The first-order valence-electron chi connectivity index (χ1n) is 11.4. The van der Waals surface area contributed by atoms with E-state index in [1.54, 1.807) is 7.11 Å². The fourth-order valence-corrected chi connectivity index (χ4v) is 4.08. The molecule has 34 heavy (non-hydrogen) atoms. The summed E-state index contributed by atoms with van der Waals surface area (Å²) in [6.45, 7) is 3.08. The topological polar surface area (TPSA) is 76.3 Å². The number of nitrogens with zero attached hydrogens (tertiary/aromatic N) is 1. The third kappa shape index (κ3) is 4.96. The largest absolute Gasteiger partial charge is 0.497 e. The second kappa shape index (κ2) is 10.7. The highest BCUT2D eigenvalue weighted by molar-refractivity contribution is 6.06. The number of anilines is 1. The van der Waals surface area contributed by atoms with Crippen molar-refractivity contribution >= 4 is 28.9 Å². The Balaban J connectivity index is 1.80. The lowest BCUT2D eigenvalue weighted by Crippen LogP contribution is -2.14. The number of fused-ring (bicyclic) bond motifs is 1. The number of hydrogen-bond donors (Lipinski definition) is 2. The van der Waals surface area contributed by atoms with Crippen LogP contribution in [0.4, 0.5) is 10.5 Å². The molecule has 0 aliphatic carbocycles. The number of nitrogens with one attached hydrogen (secondary N) is 2. The molecule has 6 heteroatoms. The third-order valence-corrected chi connectivity index (χ3v) is 5.75. The zero-order chi connectivity index (χ0) is 23.9. The van der Waals surface area contributed by atoms with Crippen LogP contribution in [0.5, 0.6) is 5.75 Å². The minimum Gasteiger partial charge on any atom is -0.497 e. The monoisotopic (exact) mass is 455 g/mol. The molecule has 4 aromatic rings. The maximum Gasteiger partial charge on any atom is 0.411 e. The number of carbonyl (C=O) groups is 1. The Labute approximate surface area is 199 Å². The fourth-order valence-electron chi connectivity index (χ4n) is 4.08. The van der Waals surface area contributed by atoms with Crippen LogP contribution in [0.25, 0.3) is 22.2 Å². The van der Waals surface area contributed by atoms with Crippen LogP contribution in [0.2, 0.25) is 0 Å². The third-order valence-electron chi connectivity index (χ3n) is 5.75. The van der Waals surface area contributed by atoms with Crippen molar-refractivity contribution in [1.82, 2.24) is 4.57 Å². The molecule has 1 amide bonds. The van der Waals surface area contributed by atoms with E-state index in [9.17, 15) is 4.79 Å². The van der Waals surface area contributed by atoms with Crippen molar-refractivity contribution in [2.24, 2.45) is 0 Å². The Kier molecular flexibility index (Phi) is 7.28.